The van der Waals surface area contributed by atoms with Crippen molar-refractivity contribution in [3.05, 3.63) is 39.8 Å². The molecule has 0 fully saturated rings. The van der Waals surface area contributed by atoms with E-state index in [1.54, 1.807) is 18.1 Å². The maximum Gasteiger partial charge on any atom is 0.236 e. The topological polar surface area (TPSA) is 50.2 Å². The quantitative estimate of drug-likeness (QED) is 0.849. The number of carbonyl (C=O) groups excluding carboxylic acids is 1. The lowest BCUT2D eigenvalue weighted by Crippen LogP contribution is -2.40. The molecular weight excluding hydrogens is 308 g/mol. The lowest BCUT2D eigenvalue weighted by Gasteiger charge is -2.19. The largest absolute Gasteiger partial charge is 0.340 e. The minimum absolute atomic E-state index is 0.0619. The maximum absolute atomic E-state index is 12.1. The zero-order chi connectivity index (χ0) is 15.2. The molecule has 1 atom stereocenters. The molecule has 2 heterocycles. The highest BCUT2D eigenvalue weighted by Crippen LogP contribution is 2.22. The van der Waals surface area contributed by atoms with Crippen molar-refractivity contribution in [3.8, 4) is 0 Å². The van der Waals surface area contributed by atoms with Gasteiger partial charge in [-0.3, -0.25) is 9.48 Å². The van der Waals surface area contributed by atoms with Crippen LogP contribution in [0.4, 0.5) is 0 Å². The maximum atomic E-state index is 12.1. The number of aromatic nitrogens is 2. The van der Waals surface area contributed by atoms with Gasteiger partial charge in [0.05, 0.1) is 24.0 Å². The molecule has 0 aromatic carbocycles. The van der Waals surface area contributed by atoms with Gasteiger partial charge in [-0.25, -0.2) is 0 Å². The number of hydrogen-bond donors (Lipinski definition) is 1. The fourth-order valence-electron chi connectivity index (χ4n) is 1.91. The number of rotatable bonds is 7. The smallest absolute Gasteiger partial charge is 0.236 e. The molecule has 2 rings (SSSR count). The average Bonchev–Trinajstić information content (AvgIpc) is 3.08. The third-order valence-electron chi connectivity index (χ3n) is 3.07. The van der Waals surface area contributed by atoms with Crippen LogP contribution in [0.3, 0.4) is 0 Å². The van der Waals surface area contributed by atoms with Gasteiger partial charge in [-0.2, -0.15) is 5.10 Å². The molecule has 0 aliphatic heterocycles. The molecule has 1 unspecified atom stereocenters. The molecular formula is C14H19ClN4OS. The summed E-state index contributed by atoms with van der Waals surface area (Å²) in [5.74, 6) is 0.0619. The third-order valence-corrected chi connectivity index (χ3v) is 4.29. The molecule has 5 nitrogen and oxygen atoms in total. The van der Waals surface area contributed by atoms with Gasteiger partial charge in [-0.1, -0.05) is 11.6 Å². The van der Waals surface area contributed by atoms with Crippen molar-refractivity contribution in [2.24, 2.45) is 0 Å². The highest BCUT2D eigenvalue weighted by atomic mass is 35.5. The lowest BCUT2D eigenvalue weighted by atomic mass is 10.3. The van der Waals surface area contributed by atoms with E-state index in [1.165, 1.54) is 11.3 Å². The van der Waals surface area contributed by atoms with Crippen molar-refractivity contribution < 1.29 is 4.79 Å². The second-order valence-electron chi connectivity index (χ2n) is 4.97. The molecule has 0 spiro atoms. The van der Waals surface area contributed by atoms with Crippen molar-refractivity contribution in [2.45, 2.75) is 26.1 Å². The number of amides is 1. The minimum Gasteiger partial charge on any atom is -0.340 e. The van der Waals surface area contributed by atoms with E-state index in [4.69, 9.17) is 11.6 Å². The highest BCUT2D eigenvalue weighted by Gasteiger charge is 2.12. The molecule has 0 radical (unpaired) electrons. The van der Waals surface area contributed by atoms with Crippen LogP contribution in [-0.2, 0) is 17.9 Å². The molecule has 0 aliphatic rings. The first-order chi connectivity index (χ1) is 10.0. The van der Waals surface area contributed by atoms with Crippen LogP contribution >= 0.6 is 22.9 Å². The summed E-state index contributed by atoms with van der Waals surface area (Å²) in [6.45, 7) is 3.68. The number of hydrogen-bond acceptors (Lipinski definition) is 4. The predicted molar refractivity (Wildman–Crippen MR) is 85.5 cm³/mol. The van der Waals surface area contributed by atoms with Gasteiger partial charge in [-0.05, 0) is 25.1 Å². The highest BCUT2D eigenvalue weighted by molar-refractivity contribution is 7.16. The van der Waals surface area contributed by atoms with Crippen LogP contribution in [0.1, 0.15) is 11.8 Å². The molecule has 0 saturated carbocycles. The first-order valence-corrected chi connectivity index (χ1v) is 7.93. The molecule has 7 heteroatoms. The Morgan fingerprint density at radius 3 is 3.00 bits per heavy atom. The van der Waals surface area contributed by atoms with E-state index in [0.29, 0.717) is 13.1 Å². The van der Waals surface area contributed by atoms with Gasteiger partial charge in [0, 0.05) is 30.4 Å². The zero-order valence-electron chi connectivity index (χ0n) is 12.1. The van der Waals surface area contributed by atoms with Crippen molar-refractivity contribution in [2.75, 3.05) is 13.6 Å². The van der Waals surface area contributed by atoms with Crippen LogP contribution in [0.2, 0.25) is 4.34 Å². The zero-order valence-corrected chi connectivity index (χ0v) is 13.7. The predicted octanol–water partition coefficient (Wildman–Crippen LogP) is 2.23. The standard InChI is InChI=1S/C14H19ClN4OS/c1-11(9-19-7-3-6-17-19)16-8-14(20)18(2)10-12-4-5-13(15)21-12/h3-7,11,16H,8-10H2,1-2H3. The molecule has 2 aromatic rings. The van der Waals surface area contributed by atoms with Gasteiger partial charge in [-0.15, -0.1) is 11.3 Å². The summed E-state index contributed by atoms with van der Waals surface area (Å²) in [6.07, 6.45) is 3.66. The molecule has 2 aromatic heterocycles. The number of thiophene rings is 1. The van der Waals surface area contributed by atoms with E-state index in [2.05, 4.69) is 10.4 Å². The number of nitrogens with zero attached hydrogens (tertiary/aromatic N) is 3. The van der Waals surface area contributed by atoms with Crippen LogP contribution in [0, 0.1) is 0 Å². The van der Waals surface area contributed by atoms with Crippen LogP contribution < -0.4 is 5.32 Å². The van der Waals surface area contributed by atoms with Gasteiger partial charge >= 0.3 is 0 Å². The van der Waals surface area contributed by atoms with Gasteiger partial charge in [0.1, 0.15) is 0 Å². The number of likely N-dealkylation sites (N-methyl/N-ethyl adjacent to an activating group) is 1. The van der Waals surface area contributed by atoms with E-state index in [9.17, 15) is 4.79 Å². The van der Waals surface area contributed by atoms with Crippen molar-refractivity contribution in [3.63, 3.8) is 0 Å². The van der Waals surface area contributed by atoms with Crippen molar-refractivity contribution in [1.82, 2.24) is 20.0 Å². The van der Waals surface area contributed by atoms with Gasteiger partial charge < -0.3 is 10.2 Å². The molecule has 0 saturated heterocycles. The molecule has 21 heavy (non-hydrogen) atoms. The fourth-order valence-corrected chi connectivity index (χ4v) is 3.05. The minimum atomic E-state index is 0.0619. The molecule has 0 bridgehead atoms. The average molecular weight is 327 g/mol. The Balaban J connectivity index is 1.73. The first-order valence-electron chi connectivity index (χ1n) is 6.73. The van der Waals surface area contributed by atoms with E-state index in [1.807, 2.05) is 36.0 Å². The normalized spacial score (nSPS) is 12.3. The first kappa shape index (κ1) is 16.0. The Kier molecular flexibility index (Phi) is 5.78. The SMILES string of the molecule is CC(Cn1cccn1)NCC(=O)N(C)Cc1ccc(Cl)s1. The summed E-state index contributed by atoms with van der Waals surface area (Å²) in [6, 6.07) is 5.87. The number of nitrogens with one attached hydrogen (secondary N) is 1. The van der Waals surface area contributed by atoms with E-state index in [0.717, 1.165) is 15.8 Å². The Morgan fingerprint density at radius 1 is 1.57 bits per heavy atom. The van der Waals surface area contributed by atoms with Crippen LogP contribution in [-0.4, -0.2) is 40.2 Å². The van der Waals surface area contributed by atoms with Gasteiger partial charge in [0.2, 0.25) is 5.91 Å². The van der Waals surface area contributed by atoms with Crippen LogP contribution in [0.25, 0.3) is 0 Å². The summed E-state index contributed by atoms with van der Waals surface area (Å²) >= 11 is 7.39. The second kappa shape index (κ2) is 7.59. The number of carbonyl (C=O) groups is 1. The summed E-state index contributed by atoms with van der Waals surface area (Å²) in [5, 5.41) is 7.36. The van der Waals surface area contributed by atoms with Crippen molar-refractivity contribution in [1.29, 1.82) is 0 Å². The van der Waals surface area contributed by atoms with Crippen molar-refractivity contribution >= 4 is 28.8 Å². The summed E-state index contributed by atoms with van der Waals surface area (Å²) < 4.78 is 2.59. The summed E-state index contributed by atoms with van der Waals surface area (Å²) in [4.78, 5) is 14.9. The van der Waals surface area contributed by atoms with Gasteiger partial charge in [0.15, 0.2) is 0 Å². The van der Waals surface area contributed by atoms with Crippen LogP contribution in [0.5, 0.6) is 0 Å². The lowest BCUT2D eigenvalue weighted by molar-refractivity contribution is -0.129. The Morgan fingerprint density at radius 2 is 2.38 bits per heavy atom. The van der Waals surface area contributed by atoms with Crippen LogP contribution in [0.15, 0.2) is 30.6 Å². The summed E-state index contributed by atoms with van der Waals surface area (Å²) in [5.41, 5.74) is 0. The van der Waals surface area contributed by atoms with E-state index < -0.39 is 0 Å². The van der Waals surface area contributed by atoms with Gasteiger partial charge in [0.25, 0.3) is 0 Å². The molecule has 1 amide bonds. The fraction of sp³-hybridized carbons (Fsp3) is 0.429. The molecule has 114 valence electrons. The monoisotopic (exact) mass is 326 g/mol. The Labute approximate surface area is 133 Å². The molecule has 1 N–H and O–H groups in total. The third kappa shape index (κ3) is 5.15. The van der Waals surface area contributed by atoms with E-state index >= 15 is 0 Å². The van der Waals surface area contributed by atoms with E-state index in [-0.39, 0.29) is 11.9 Å². The summed E-state index contributed by atoms with van der Waals surface area (Å²) in [7, 11) is 1.80. The Bertz CT molecular complexity index is 569. The Hall–Kier alpha value is -1.37. The second-order valence-corrected chi connectivity index (χ2v) is 6.77. The number of halogens is 1. The molecule has 0 aliphatic carbocycles.